The molecule has 0 spiro atoms. The summed E-state index contributed by atoms with van der Waals surface area (Å²) in [7, 11) is 0. The molecule has 0 saturated carbocycles. The average Bonchev–Trinajstić information content (AvgIpc) is 3.03. The van der Waals surface area contributed by atoms with Crippen molar-refractivity contribution >= 4 is 5.97 Å². The predicted octanol–water partition coefficient (Wildman–Crippen LogP) is 3.51. The van der Waals surface area contributed by atoms with Gasteiger partial charge in [0.05, 0.1) is 13.0 Å². The molecule has 1 aliphatic carbocycles. The molecule has 0 amide bonds. The van der Waals surface area contributed by atoms with E-state index in [0.29, 0.717) is 6.04 Å². The number of fused-ring (bicyclic) bond motifs is 3. The van der Waals surface area contributed by atoms with Crippen molar-refractivity contribution in [1.82, 2.24) is 0 Å². The molecule has 23 heavy (non-hydrogen) atoms. The molecule has 0 unspecified atom stereocenters. The van der Waals surface area contributed by atoms with E-state index in [-0.39, 0.29) is 17.8 Å². The van der Waals surface area contributed by atoms with Crippen LogP contribution in [0.2, 0.25) is 0 Å². The van der Waals surface area contributed by atoms with Crippen LogP contribution in [0.5, 0.6) is 5.75 Å². The fourth-order valence-corrected chi connectivity index (χ4v) is 2.96. The number of aliphatic carboxylic acids is 1. The summed E-state index contributed by atoms with van der Waals surface area (Å²) in [5.74, 6) is 0.467. The molecule has 4 nitrogen and oxygen atoms in total. The van der Waals surface area contributed by atoms with Gasteiger partial charge in [-0.15, -0.1) is 0 Å². The Balaban J connectivity index is 0.000000236. The maximum atomic E-state index is 10.8. The third-order valence-electron chi connectivity index (χ3n) is 4.97. The summed E-state index contributed by atoms with van der Waals surface area (Å²) in [4.78, 5) is 10.8. The maximum Gasteiger partial charge on any atom is 0.303 e. The molecular formula is C19H29NO3. The monoisotopic (exact) mass is 319 g/mol. The topological polar surface area (TPSA) is 72.6 Å². The minimum atomic E-state index is -0.700. The van der Waals surface area contributed by atoms with Gasteiger partial charge in [-0.2, -0.15) is 0 Å². The van der Waals surface area contributed by atoms with Gasteiger partial charge >= 0.3 is 5.97 Å². The highest BCUT2D eigenvalue weighted by molar-refractivity contribution is 5.69. The van der Waals surface area contributed by atoms with E-state index in [0.717, 1.165) is 31.6 Å². The van der Waals surface area contributed by atoms with Crippen LogP contribution in [0.4, 0.5) is 0 Å². The van der Waals surface area contributed by atoms with Crippen molar-refractivity contribution in [2.45, 2.75) is 65.3 Å². The Labute approximate surface area is 139 Å². The molecule has 128 valence electrons. The van der Waals surface area contributed by atoms with Crippen LogP contribution < -0.4 is 10.5 Å². The van der Waals surface area contributed by atoms with Gasteiger partial charge in [0, 0.05) is 18.0 Å². The SMILES string of the molecule is C[C@H](N)C(C)(C)C.O=C(O)C[C@@H]1CCc2ccc3c(c21)CCO3. The van der Waals surface area contributed by atoms with Crippen molar-refractivity contribution < 1.29 is 14.6 Å². The van der Waals surface area contributed by atoms with Crippen LogP contribution in [0.3, 0.4) is 0 Å². The normalized spacial score (nSPS) is 20.0. The van der Waals surface area contributed by atoms with E-state index in [1.807, 2.05) is 13.0 Å². The summed E-state index contributed by atoms with van der Waals surface area (Å²) in [5.41, 5.74) is 9.72. The molecular weight excluding hydrogens is 290 g/mol. The Morgan fingerprint density at radius 1 is 1.39 bits per heavy atom. The Morgan fingerprint density at radius 2 is 2.04 bits per heavy atom. The van der Waals surface area contributed by atoms with Gasteiger partial charge in [-0.25, -0.2) is 0 Å². The lowest BCUT2D eigenvalue weighted by atomic mass is 9.89. The molecule has 3 N–H and O–H groups in total. The van der Waals surface area contributed by atoms with Gasteiger partial charge < -0.3 is 15.6 Å². The maximum absolute atomic E-state index is 10.8. The zero-order chi connectivity index (χ0) is 17.2. The molecule has 0 fully saturated rings. The molecule has 2 aliphatic rings. The lowest BCUT2D eigenvalue weighted by molar-refractivity contribution is -0.137. The highest BCUT2D eigenvalue weighted by Crippen LogP contribution is 2.43. The smallest absolute Gasteiger partial charge is 0.303 e. The van der Waals surface area contributed by atoms with E-state index in [1.54, 1.807) is 0 Å². The summed E-state index contributed by atoms with van der Waals surface area (Å²) in [6.07, 6.45) is 3.18. The largest absolute Gasteiger partial charge is 0.493 e. The number of hydrogen-bond donors (Lipinski definition) is 2. The van der Waals surface area contributed by atoms with Crippen LogP contribution in [0, 0.1) is 5.41 Å². The van der Waals surface area contributed by atoms with Crippen LogP contribution in [0.25, 0.3) is 0 Å². The fourth-order valence-electron chi connectivity index (χ4n) is 2.96. The average molecular weight is 319 g/mol. The summed E-state index contributed by atoms with van der Waals surface area (Å²) in [5, 5.41) is 8.92. The Hall–Kier alpha value is -1.55. The molecule has 3 rings (SSSR count). The van der Waals surface area contributed by atoms with Gasteiger partial charge in [-0.05, 0) is 48.3 Å². The second kappa shape index (κ2) is 6.91. The number of rotatable bonds is 2. The lowest BCUT2D eigenvalue weighted by Crippen LogP contribution is -2.31. The van der Waals surface area contributed by atoms with E-state index < -0.39 is 5.97 Å². The zero-order valence-corrected chi connectivity index (χ0v) is 14.7. The summed E-state index contributed by atoms with van der Waals surface area (Å²) in [6.45, 7) is 9.18. The standard InChI is InChI=1S/C13H14O3.C6H15N/c14-12(15)7-9-2-1-8-3-4-11-10(13(8)9)5-6-16-11;1-5(7)6(2,3)4/h3-4,9H,1-2,5-7H2,(H,14,15);5H,7H2,1-4H3/t9-;5-/m00/s1. The van der Waals surface area contributed by atoms with Gasteiger partial charge in [0.25, 0.3) is 0 Å². The van der Waals surface area contributed by atoms with Crippen molar-refractivity contribution in [3.05, 3.63) is 28.8 Å². The van der Waals surface area contributed by atoms with E-state index in [9.17, 15) is 4.79 Å². The molecule has 2 atom stereocenters. The van der Waals surface area contributed by atoms with Crippen molar-refractivity contribution in [3.8, 4) is 5.75 Å². The van der Waals surface area contributed by atoms with Gasteiger partial charge in [-0.1, -0.05) is 26.8 Å². The van der Waals surface area contributed by atoms with E-state index in [1.165, 1.54) is 16.7 Å². The highest BCUT2D eigenvalue weighted by atomic mass is 16.5. The number of carbonyl (C=O) groups is 1. The molecule has 0 aromatic heterocycles. The van der Waals surface area contributed by atoms with Gasteiger partial charge in [0.2, 0.25) is 0 Å². The molecule has 1 aromatic rings. The first-order chi connectivity index (χ1) is 10.7. The van der Waals surface area contributed by atoms with E-state index in [4.69, 9.17) is 15.6 Å². The minimum absolute atomic E-state index is 0.198. The first kappa shape index (κ1) is 17.8. The van der Waals surface area contributed by atoms with Crippen LogP contribution in [0.15, 0.2) is 12.1 Å². The second-order valence-corrected chi connectivity index (χ2v) is 7.70. The highest BCUT2D eigenvalue weighted by Gasteiger charge is 2.30. The summed E-state index contributed by atoms with van der Waals surface area (Å²) >= 11 is 0. The molecule has 0 radical (unpaired) electrons. The third kappa shape index (κ3) is 4.25. The Bertz CT molecular complexity index is 573. The molecule has 1 aromatic carbocycles. The number of carboxylic acid groups (broad SMARTS) is 1. The van der Waals surface area contributed by atoms with Crippen molar-refractivity contribution in [3.63, 3.8) is 0 Å². The van der Waals surface area contributed by atoms with Crippen LogP contribution in [0.1, 0.15) is 63.1 Å². The third-order valence-corrected chi connectivity index (χ3v) is 4.97. The number of ether oxygens (including phenoxy) is 1. The summed E-state index contributed by atoms with van der Waals surface area (Å²) < 4.78 is 5.53. The molecule has 0 bridgehead atoms. The molecule has 4 heteroatoms. The van der Waals surface area contributed by atoms with Crippen LogP contribution >= 0.6 is 0 Å². The van der Waals surface area contributed by atoms with E-state index >= 15 is 0 Å². The minimum Gasteiger partial charge on any atom is -0.493 e. The van der Waals surface area contributed by atoms with Crippen LogP contribution in [-0.2, 0) is 17.6 Å². The van der Waals surface area contributed by atoms with Crippen molar-refractivity contribution in [1.29, 1.82) is 0 Å². The summed E-state index contributed by atoms with van der Waals surface area (Å²) in [6, 6.07) is 4.43. The van der Waals surface area contributed by atoms with Crippen molar-refractivity contribution in [2.24, 2.45) is 11.1 Å². The zero-order valence-electron chi connectivity index (χ0n) is 14.7. The lowest BCUT2D eigenvalue weighted by Gasteiger charge is -2.22. The Kier molecular flexibility index (Phi) is 5.35. The molecule has 1 heterocycles. The van der Waals surface area contributed by atoms with E-state index in [2.05, 4.69) is 26.8 Å². The molecule has 1 aliphatic heterocycles. The van der Waals surface area contributed by atoms with Crippen molar-refractivity contribution in [2.75, 3.05) is 6.61 Å². The number of nitrogens with two attached hydrogens (primary N) is 1. The Morgan fingerprint density at radius 3 is 2.61 bits per heavy atom. The fraction of sp³-hybridized carbons (Fsp3) is 0.632. The quantitative estimate of drug-likeness (QED) is 0.875. The first-order valence-electron chi connectivity index (χ1n) is 8.45. The number of hydrogen-bond acceptors (Lipinski definition) is 3. The molecule has 0 saturated heterocycles. The number of aryl methyl sites for hydroxylation is 1. The van der Waals surface area contributed by atoms with Gasteiger partial charge in [0.1, 0.15) is 5.75 Å². The first-order valence-corrected chi connectivity index (χ1v) is 8.45. The second-order valence-electron chi connectivity index (χ2n) is 7.70. The number of benzene rings is 1. The number of carboxylic acids is 1. The van der Waals surface area contributed by atoms with Crippen LogP contribution in [-0.4, -0.2) is 23.7 Å². The predicted molar refractivity (Wildman–Crippen MR) is 92.1 cm³/mol. The van der Waals surface area contributed by atoms with Gasteiger partial charge in [0.15, 0.2) is 0 Å². The van der Waals surface area contributed by atoms with Gasteiger partial charge in [-0.3, -0.25) is 4.79 Å².